The molecule has 23 heavy (non-hydrogen) atoms. The van der Waals surface area contributed by atoms with E-state index >= 15 is 0 Å². The van der Waals surface area contributed by atoms with Gasteiger partial charge in [-0.3, -0.25) is 0 Å². The molecule has 1 aromatic heterocycles. The van der Waals surface area contributed by atoms with Gasteiger partial charge in [0.2, 0.25) is 0 Å². The molecular formula is C19H19N4+. The standard InChI is InChI=1S/C19H19N4/c1-2-19-22(20-15-17-9-5-3-6-10-17)13-14-23(19)21-16-18-11-7-4-8-12-18/h3-16H,2H2,1H3/q+1/b20-15+,21-16+. The Morgan fingerprint density at radius 3 is 2.13 bits per heavy atom. The summed E-state index contributed by atoms with van der Waals surface area (Å²) in [5, 5.41) is 9.04. The van der Waals surface area contributed by atoms with Crippen molar-refractivity contribution in [3.63, 3.8) is 0 Å². The molecule has 0 saturated carbocycles. The van der Waals surface area contributed by atoms with E-state index in [9.17, 15) is 0 Å². The van der Waals surface area contributed by atoms with E-state index in [0.29, 0.717) is 0 Å². The second kappa shape index (κ2) is 7.31. The van der Waals surface area contributed by atoms with Gasteiger partial charge in [0.25, 0.3) is 0 Å². The van der Waals surface area contributed by atoms with Crippen molar-refractivity contribution in [3.05, 3.63) is 90.0 Å². The van der Waals surface area contributed by atoms with Crippen LogP contribution in [0, 0.1) is 0 Å². The Balaban J connectivity index is 1.82. The van der Waals surface area contributed by atoms with Gasteiger partial charge in [0.1, 0.15) is 0 Å². The molecule has 0 amide bonds. The third-order valence-corrected chi connectivity index (χ3v) is 3.46. The number of aromatic nitrogens is 2. The second-order valence-corrected chi connectivity index (χ2v) is 5.07. The number of imidazole rings is 1. The highest BCUT2D eigenvalue weighted by molar-refractivity contribution is 5.79. The molecule has 0 aliphatic carbocycles. The predicted octanol–water partition coefficient (Wildman–Crippen LogP) is 3.10. The Bertz CT molecular complexity index is 735. The molecule has 4 heteroatoms. The first-order valence-corrected chi connectivity index (χ1v) is 7.67. The maximum absolute atomic E-state index is 4.52. The lowest BCUT2D eigenvalue weighted by atomic mass is 10.2. The molecule has 0 radical (unpaired) electrons. The minimum absolute atomic E-state index is 0.839. The SMILES string of the molecule is CCc1n(/N=C/c2ccccc2)cc[n+]1/N=C/c1ccccc1. The second-order valence-electron chi connectivity index (χ2n) is 5.07. The average molecular weight is 303 g/mol. The summed E-state index contributed by atoms with van der Waals surface area (Å²) in [4.78, 5) is 0. The molecule has 0 spiro atoms. The molecule has 4 nitrogen and oxygen atoms in total. The molecule has 3 aromatic rings. The summed E-state index contributed by atoms with van der Waals surface area (Å²) in [6, 6.07) is 20.1. The third kappa shape index (κ3) is 3.80. The quantitative estimate of drug-likeness (QED) is 0.513. The van der Waals surface area contributed by atoms with Gasteiger partial charge in [-0.1, -0.05) is 77.8 Å². The van der Waals surface area contributed by atoms with Gasteiger partial charge >= 0.3 is 5.82 Å². The molecule has 0 saturated heterocycles. The minimum atomic E-state index is 0.839. The zero-order valence-electron chi connectivity index (χ0n) is 13.1. The molecule has 0 unspecified atom stereocenters. The third-order valence-electron chi connectivity index (χ3n) is 3.46. The van der Waals surface area contributed by atoms with Crippen molar-refractivity contribution in [2.75, 3.05) is 0 Å². The van der Waals surface area contributed by atoms with Crippen molar-refractivity contribution in [1.82, 2.24) is 4.68 Å². The first-order chi connectivity index (χ1) is 11.4. The molecule has 0 aliphatic heterocycles. The first-order valence-electron chi connectivity index (χ1n) is 7.67. The molecule has 2 aromatic carbocycles. The van der Waals surface area contributed by atoms with E-state index < -0.39 is 0 Å². The van der Waals surface area contributed by atoms with Crippen LogP contribution in [0.1, 0.15) is 23.9 Å². The Labute approximate surface area is 136 Å². The topological polar surface area (TPSA) is 33.5 Å². The van der Waals surface area contributed by atoms with E-state index in [1.165, 1.54) is 0 Å². The van der Waals surface area contributed by atoms with Gasteiger partial charge in [-0.05, 0) is 11.1 Å². The van der Waals surface area contributed by atoms with Gasteiger partial charge in [0, 0.05) is 0 Å². The highest BCUT2D eigenvalue weighted by Crippen LogP contribution is 2.00. The maximum Gasteiger partial charge on any atom is 0.307 e. The maximum atomic E-state index is 4.52. The fourth-order valence-corrected chi connectivity index (χ4v) is 2.27. The monoisotopic (exact) mass is 303 g/mol. The van der Waals surface area contributed by atoms with Gasteiger partial charge in [0.15, 0.2) is 12.4 Å². The van der Waals surface area contributed by atoms with Crippen molar-refractivity contribution in [2.45, 2.75) is 13.3 Å². The van der Waals surface area contributed by atoms with E-state index in [4.69, 9.17) is 0 Å². The van der Waals surface area contributed by atoms with Crippen LogP contribution in [0.4, 0.5) is 0 Å². The van der Waals surface area contributed by atoms with Crippen LogP contribution in [0.3, 0.4) is 0 Å². The Hall–Kier alpha value is -3.01. The van der Waals surface area contributed by atoms with Crippen molar-refractivity contribution in [3.8, 4) is 0 Å². The van der Waals surface area contributed by atoms with Gasteiger partial charge in [-0.25, -0.2) is 0 Å². The molecule has 0 aliphatic rings. The van der Waals surface area contributed by atoms with Gasteiger partial charge in [-0.15, -0.1) is 9.35 Å². The summed E-state index contributed by atoms with van der Waals surface area (Å²) in [7, 11) is 0. The van der Waals surface area contributed by atoms with Crippen molar-refractivity contribution < 1.29 is 4.68 Å². The fraction of sp³-hybridized carbons (Fsp3) is 0.105. The summed E-state index contributed by atoms with van der Waals surface area (Å²) >= 11 is 0. The van der Waals surface area contributed by atoms with E-state index in [1.54, 1.807) is 0 Å². The van der Waals surface area contributed by atoms with Crippen LogP contribution < -0.4 is 4.68 Å². The number of hydrogen-bond donors (Lipinski definition) is 0. The van der Waals surface area contributed by atoms with E-state index in [1.807, 2.05) is 94.8 Å². The van der Waals surface area contributed by atoms with Crippen LogP contribution in [-0.2, 0) is 6.42 Å². The molecule has 3 rings (SSSR count). The van der Waals surface area contributed by atoms with Crippen LogP contribution in [0.5, 0.6) is 0 Å². The largest absolute Gasteiger partial charge is 0.307 e. The predicted molar refractivity (Wildman–Crippen MR) is 92.9 cm³/mol. The molecule has 0 bridgehead atoms. The zero-order valence-corrected chi connectivity index (χ0v) is 13.1. The zero-order chi connectivity index (χ0) is 15.9. The van der Waals surface area contributed by atoms with Crippen LogP contribution in [0.2, 0.25) is 0 Å². The number of nitrogens with zero attached hydrogens (tertiary/aromatic N) is 4. The lowest BCUT2D eigenvalue weighted by Gasteiger charge is -1.94. The molecule has 1 heterocycles. The summed E-state index contributed by atoms with van der Waals surface area (Å²) in [6.45, 7) is 2.10. The number of rotatable bonds is 5. The van der Waals surface area contributed by atoms with Crippen molar-refractivity contribution >= 4 is 12.4 Å². The Kier molecular flexibility index (Phi) is 4.74. The average Bonchev–Trinajstić information content (AvgIpc) is 3.02. The Morgan fingerprint density at radius 1 is 0.913 bits per heavy atom. The Morgan fingerprint density at radius 2 is 1.52 bits per heavy atom. The molecular weight excluding hydrogens is 284 g/mol. The fourth-order valence-electron chi connectivity index (χ4n) is 2.27. The molecule has 0 N–H and O–H groups in total. The molecule has 0 atom stereocenters. The summed E-state index contributed by atoms with van der Waals surface area (Å²) in [6.07, 6.45) is 8.38. The van der Waals surface area contributed by atoms with Crippen LogP contribution in [-0.4, -0.2) is 17.1 Å². The van der Waals surface area contributed by atoms with E-state index in [-0.39, 0.29) is 0 Å². The number of benzene rings is 2. The first kappa shape index (κ1) is 14.9. The van der Waals surface area contributed by atoms with Gasteiger partial charge in [0.05, 0.1) is 18.9 Å². The van der Waals surface area contributed by atoms with Gasteiger partial charge < -0.3 is 0 Å². The minimum Gasteiger partial charge on any atom is -0.103 e. The molecule has 114 valence electrons. The van der Waals surface area contributed by atoms with Crippen molar-refractivity contribution in [2.24, 2.45) is 10.2 Å². The van der Waals surface area contributed by atoms with E-state index in [2.05, 4.69) is 17.1 Å². The van der Waals surface area contributed by atoms with Crippen molar-refractivity contribution in [1.29, 1.82) is 0 Å². The number of hydrogen-bond acceptors (Lipinski definition) is 2. The van der Waals surface area contributed by atoms with Crippen LogP contribution in [0.15, 0.2) is 83.3 Å². The molecule has 0 fully saturated rings. The van der Waals surface area contributed by atoms with Crippen LogP contribution in [0.25, 0.3) is 0 Å². The van der Waals surface area contributed by atoms with Gasteiger partial charge in [-0.2, -0.15) is 0 Å². The van der Waals surface area contributed by atoms with E-state index in [0.717, 1.165) is 23.4 Å². The highest BCUT2D eigenvalue weighted by atomic mass is 15.5. The van der Waals surface area contributed by atoms with Crippen LogP contribution >= 0.6 is 0 Å². The normalized spacial score (nSPS) is 11.5. The summed E-state index contributed by atoms with van der Waals surface area (Å²) in [5.41, 5.74) is 2.14. The smallest absolute Gasteiger partial charge is 0.103 e. The highest BCUT2D eigenvalue weighted by Gasteiger charge is 2.14. The lowest BCUT2D eigenvalue weighted by molar-refractivity contribution is -0.685. The summed E-state index contributed by atoms with van der Waals surface area (Å²) in [5.74, 6) is 1.02. The lowest BCUT2D eigenvalue weighted by Crippen LogP contribution is -2.31. The summed E-state index contributed by atoms with van der Waals surface area (Å²) < 4.78 is 3.71.